The Bertz CT molecular complexity index is 704. The lowest BCUT2D eigenvalue weighted by Crippen LogP contribution is -2.33. The molecule has 0 unspecified atom stereocenters. The van der Waals surface area contributed by atoms with Gasteiger partial charge in [0.25, 0.3) is 5.91 Å². The van der Waals surface area contributed by atoms with E-state index >= 15 is 0 Å². The van der Waals surface area contributed by atoms with E-state index in [9.17, 15) is 14.4 Å². The second-order valence-electron chi connectivity index (χ2n) is 4.28. The highest BCUT2D eigenvalue weighted by molar-refractivity contribution is 8.14. The first-order chi connectivity index (χ1) is 10.6. The molecule has 6 nitrogen and oxygen atoms in total. The number of rotatable bonds is 5. The van der Waals surface area contributed by atoms with E-state index < -0.39 is 11.8 Å². The van der Waals surface area contributed by atoms with E-state index in [0.29, 0.717) is 16.0 Å². The van der Waals surface area contributed by atoms with Gasteiger partial charge in [0.15, 0.2) is 0 Å². The topological polar surface area (TPSA) is 102 Å². The van der Waals surface area contributed by atoms with Crippen molar-refractivity contribution in [1.29, 1.82) is 0 Å². The number of amides is 2. The van der Waals surface area contributed by atoms with Crippen molar-refractivity contribution in [3.05, 3.63) is 59.9 Å². The fourth-order valence-corrected chi connectivity index (χ4v) is 2.50. The Morgan fingerprint density at radius 1 is 1.14 bits per heavy atom. The second-order valence-corrected chi connectivity index (χ2v) is 5.29. The highest BCUT2D eigenvalue weighted by atomic mass is 32.2. The Hall–Kier alpha value is -2.67. The summed E-state index contributed by atoms with van der Waals surface area (Å²) in [6.07, 6.45) is 3.04. The van der Waals surface area contributed by atoms with Gasteiger partial charge in [-0.25, -0.2) is 0 Å². The lowest BCUT2D eigenvalue weighted by atomic mass is 10.2. The summed E-state index contributed by atoms with van der Waals surface area (Å²) >= 11 is 0.930. The molecule has 1 aromatic carbocycles. The molecule has 0 saturated heterocycles. The highest BCUT2D eigenvalue weighted by Crippen LogP contribution is 2.26. The van der Waals surface area contributed by atoms with Gasteiger partial charge in [-0.1, -0.05) is 12.1 Å². The number of nitrogens with zero attached hydrogens (tertiary/aromatic N) is 1. The number of carbonyl (C=O) groups is 3. The number of thioether (sulfide) groups is 1. The molecule has 0 radical (unpaired) electrons. The molecule has 7 heteroatoms. The van der Waals surface area contributed by atoms with Crippen molar-refractivity contribution in [3.63, 3.8) is 0 Å². The number of nitrogens with two attached hydrogens (primary N) is 1. The lowest BCUT2D eigenvalue weighted by Gasteiger charge is -2.08. The van der Waals surface area contributed by atoms with E-state index in [4.69, 9.17) is 5.73 Å². The summed E-state index contributed by atoms with van der Waals surface area (Å²) in [7, 11) is 0. The van der Waals surface area contributed by atoms with E-state index in [0.717, 1.165) is 11.8 Å². The molecule has 112 valence electrons. The van der Waals surface area contributed by atoms with Crippen molar-refractivity contribution < 1.29 is 14.4 Å². The lowest BCUT2D eigenvalue weighted by molar-refractivity contribution is -0.117. The fraction of sp³-hybridized carbons (Fsp3) is 0.0667. The van der Waals surface area contributed by atoms with Crippen LogP contribution in [0.25, 0.3) is 0 Å². The van der Waals surface area contributed by atoms with Crippen LogP contribution in [0.1, 0.15) is 20.7 Å². The Kier molecular flexibility index (Phi) is 5.26. The molecule has 0 spiro atoms. The minimum atomic E-state index is -0.634. The van der Waals surface area contributed by atoms with Gasteiger partial charge in [-0.2, -0.15) is 0 Å². The number of nitrogens with one attached hydrogen (secondary N) is 1. The van der Waals surface area contributed by atoms with Crippen molar-refractivity contribution in [2.24, 2.45) is 5.73 Å². The van der Waals surface area contributed by atoms with Gasteiger partial charge in [0.2, 0.25) is 11.0 Å². The minimum absolute atomic E-state index is 0.219. The number of pyridine rings is 1. The number of carbonyl (C=O) groups excluding carboxylic acids is 3. The third kappa shape index (κ3) is 4.16. The third-order valence-electron chi connectivity index (χ3n) is 2.65. The van der Waals surface area contributed by atoms with Crippen LogP contribution >= 0.6 is 11.8 Å². The van der Waals surface area contributed by atoms with Gasteiger partial charge in [-0.3, -0.25) is 19.4 Å². The minimum Gasteiger partial charge on any atom is -0.368 e. The van der Waals surface area contributed by atoms with Crippen LogP contribution in [0.4, 0.5) is 0 Å². The normalized spacial score (nSPS) is 10.0. The number of benzene rings is 1. The molecular weight excluding hydrogens is 302 g/mol. The summed E-state index contributed by atoms with van der Waals surface area (Å²) < 4.78 is 0. The molecule has 1 aromatic heterocycles. The van der Waals surface area contributed by atoms with Crippen LogP contribution in [0.15, 0.2) is 53.7 Å². The van der Waals surface area contributed by atoms with E-state index in [1.165, 1.54) is 6.20 Å². The first-order valence-electron chi connectivity index (χ1n) is 6.35. The predicted molar refractivity (Wildman–Crippen MR) is 82.4 cm³/mol. The molecule has 2 aromatic rings. The van der Waals surface area contributed by atoms with E-state index in [2.05, 4.69) is 10.3 Å². The Morgan fingerprint density at radius 2 is 1.91 bits per heavy atom. The standard InChI is InChI=1S/C15H13N3O3S/c16-13(19)9-18-14(20)11-5-1-2-6-12(11)22-15(21)10-4-3-7-17-8-10/h1-8H,9H2,(H2,16,19)(H,18,20). The Balaban J connectivity index is 2.16. The highest BCUT2D eigenvalue weighted by Gasteiger charge is 2.15. The van der Waals surface area contributed by atoms with Crippen molar-refractivity contribution in [2.75, 3.05) is 6.54 Å². The number of hydrogen-bond donors (Lipinski definition) is 2. The van der Waals surface area contributed by atoms with Crippen LogP contribution in [-0.4, -0.2) is 28.5 Å². The Labute approximate surface area is 131 Å². The van der Waals surface area contributed by atoms with E-state index in [1.807, 2.05) is 0 Å². The molecule has 0 fully saturated rings. The van der Waals surface area contributed by atoms with Crippen molar-refractivity contribution in [1.82, 2.24) is 10.3 Å². The van der Waals surface area contributed by atoms with Gasteiger partial charge in [0, 0.05) is 22.9 Å². The van der Waals surface area contributed by atoms with Gasteiger partial charge >= 0.3 is 0 Å². The predicted octanol–water partition coefficient (Wildman–Crippen LogP) is 1.23. The van der Waals surface area contributed by atoms with Crippen LogP contribution in [0.2, 0.25) is 0 Å². The monoisotopic (exact) mass is 315 g/mol. The van der Waals surface area contributed by atoms with E-state index in [-0.39, 0.29) is 11.7 Å². The maximum absolute atomic E-state index is 12.2. The molecule has 0 bridgehead atoms. The average molecular weight is 315 g/mol. The average Bonchev–Trinajstić information content (AvgIpc) is 2.54. The summed E-state index contributed by atoms with van der Waals surface area (Å²) in [5, 5.41) is 2.18. The van der Waals surface area contributed by atoms with Crippen LogP contribution in [0, 0.1) is 0 Å². The smallest absolute Gasteiger partial charge is 0.252 e. The van der Waals surface area contributed by atoms with Crippen LogP contribution in [0.5, 0.6) is 0 Å². The summed E-state index contributed by atoms with van der Waals surface area (Å²) in [6.45, 7) is -0.256. The third-order valence-corrected chi connectivity index (χ3v) is 3.65. The maximum Gasteiger partial charge on any atom is 0.252 e. The fourth-order valence-electron chi connectivity index (χ4n) is 1.65. The second kappa shape index (κ2) is 7.37. The van der Waals surface area contributed by atoms with Gasteiger partial charge < -0.3 is 11.1 Å². The summed E-state index contributed by atoms with van der Waals surface area (Å²) in [4.78, 5) is 39.3. The molecule has 0 aliphatic rings. The van der Waals surface area contributed by atoms with E-state index in [1.54, 1.807) is 42.6 Å². The molecule has 3 N–H and O–H groups in total. The molecule has 0 aliphatic carbocycles. The zero-order valence-corrected chi connectivity index (χ0v) is 12.3. The molecule has 1 heterocycles. The zero-order valence-electron chi connectivity index (χ0n) is 11.5. The van der Waals surface area contributed by atoms with Crippen molar-refractivity contribution in [2.45, 2.75) is 4.90 Å². The van der Waals surface area contributed by atoms with Crippen LogP contribution in [-0.2, 0) is 4.79 Å². The molecule has 0 atom stereocenters. The largest absolute Gasteiger partial charge is 0.368 e. The number of hydrogen-bond acceptors (Lipinski definition) is 5. The first-order valence-corrected chi connectivity index (χ1v) is 7.17. The molecule has 2 amide bonds. The molecule has 0 aliphatic heterocycles. The summed E-state index contributed by atoms with van der Waals surface area (Å²) in [6, 6.07) is 9.96. The van der Waals surface area contributed by atoms with Gasteiger partial charge in [-0.15, -0.1) is 0 Å². The van der Waals surface area contributed by atoms with Crippen molar-refractivity contribution in [3.8, 4) is 0 Å². The van der Waals surface area contributed by atoms with Gasteiger partial charge in [-0.05, 0) is 36.0 Å². The Morgan fingerprint density at radius 3 is 2.59 bits per heavy atom. The maximum atomic E-state index is 12.2. The summed E-state index contributed by atoms with van der Waals surface area (Å²) in [5.41, 5.74) is 5.75. The van der Waals surface area contributed by atoms with Gasteiger partial charge in [0.1, 0.15) is 0 Å². The molecular formula is C15H13N3O3S. The molecule has 0 saturated carbocycles. The number of primary amides is 1. The quantitative estimate of drug-likeness (QED) is 0.808. The molecule has 2 rings (SSSR count). The van der Waals surface area contributed by atoms with Crippen LogP contribution in [0.3, 0.4) is 0 Å². The number of aromatic nitrogens is 1. The molecule has 22 heavy (non-hydrogen) atoms. The van der Waals surface area contributed by atoms with Gasteiger partial charge in [0.05, 0.1) is 12.1 Å². The zero-order chi connectivity index (χ0) is 15.9. The SMILES string of the molecule is NC(=O)CNC(=O)c1ccccc1SC(=O)c1cccnc1. The first kappa shape index (κ1) is 15.7. The summed E-state index contributed by atoms with van der Waals surface area (Å²) in [5.74, 6) is -1.09. The van der Waals surface area contributed by atoms with Crippen LogP contribution < -0.4 is 11.1 Å². The van der Waals surface area contributed by atoms with Crippen molar-refractivity contribution >= 4 is 28.7 Å².